The first-order valence-electron chi connectivity index (χ1n) is 2.11. The number of aromatic amines is 1. The third-order valence-corrected chi connectivity index (χ3v) is 2.40. The molecule has 1 rings (SSSR count). The average Bonchev–Trinajstić information content (AvgIpc) is 2.14. The van der Waals surface area contributed by atoms with Crippen LogP contribution in [0.25, 0.3) is 0 Å². The molecule has 7 heavy (non-hydrogen) atoms. The molecule has 0 saturated carbocycles. The van der Waals surface area contributed by atoms with Gasteiger partial charge in [0.25, 0.3) is 0 Å². The Morgan fingerprint density at radius 3 is 2.86 bits per heavy atom. The van der Waals surface area contributed by atoms with E-state index in [1.165, 1.54) is 3.82 Å². The number of nitrogens with one attached hydrogen (secondary N) is 1. The summed E-state index contributed by atoms with van der Waals surface area (Å²) in [5.74, 6) is 0. The lowest BCUT2D eigenvalue weighted by Gasteiger charge is -1.77. The summed E-state index contributed by atoms with van der Waals surface area (Å²) in [5.41, 5.74) is 0. The van der Waals surface area contributed by atoms with Crippen LogP contribution in [0, 0.1) is 0 Å². The highest BCUT2D eigenvalue weighted by Gasteiger charge is 1.91. The molecule has 1 N–H and O–H groups in total. The van der Waals surface area contributed by atoms with Crippen molar-refractivity contribution in [2.75, 3.05) is 0 Å². The Bertz CT molecular complexity index is 126. The highest BCUT2D eigenvalue weighted by molar-refractivity contribution is 7.00. The molecule has 1 nitrogen and oxygen atoms in total. The van der Waals surface area contributed by atoms with Crippen molar-refractivity contribution < 1.29 is 0 Å². The van der Waals surface area contributed by atoms with Crippen molar-refractivity contribution in [3.63, 3.8) is 0 Å². The van der Waals surface area contributed by atoms with Gasteiger partial charge in [-0.3, -0.25) is 0 Å². The second-order valence-corrected chi connectivity index (χ2v) is 3.16. The molecule has 0 aromatic carbocycles. The predicted molar refractivity (Wildman–Crippen MR) is 32.0 cm³/mol. The Morgan fingerprint density at radius 2 is 2.57 bits per heavy atom. The molecular formula is C4H4ClMgN. The Labute approximate surface area is 55.6 Å². The maximum Gasteiger partial charge on any atom is 0.560 e. The maximum atomic E-state index is 5.58. The molecule has 1 heterocycles. The zero-order chi connectivity index (χ0) is 5.11. The summed E-state index contributed by atoms with van der Waals surface area (Å²) in [6, 6.07) is 3.98. The van der Waals surface area contributed by atoms with Crippen LogP contribution in [0.15, 0.2) is 18.3 Å². The molecule has 0 aliphatic rings. The number of halogens is 1. The van der Waals surface area contributed by atoms with Crippen LogP contribution in [-0.2, 0) is 0 Å². The van der Waals surface area contributed by atoms with E-state index in [0.29, 0.717) is 0 Å². The lowest BCUT2D eigenvalue weighted by atomic mass is 10.7. The fourth-order valence-corrected chi connectivity index (χ4v) is 1.37. The summed E-state index contributed by atoms with van der Waals surface area (Å²) < 4.78 is 1.21. The Hall–Kier alpha value is 0.336. The lowest BCUT2D eigenvalue weighted by molar-refractivity contribution is 1.47. The molecule has 0 spiro atoms. The molecule has 0 bridgehead atoms. The van der Waals surface area contributed by atoms with Crippen molar-refractivity contribution >= 4 is 32.2 Å². The van der Waals surface area contributed by atoms with Crippen LogP contribution in [0.2, 0.25) is 0 Å². The second kappa shape index (κ2) is 2.60. The van der Waals surface area contributed by atoms with E-state index >= 15 is 0 Å². The van der Waals surface area contributed by atoms with E-state index in [4.69, 9.17) is 9.07 Å². The van der Waals surface area contributed by atoms with E-state index < -0.39 is 19.3 Å². The van der Waals surface area contributed by atoms with Gasteiger partial charge >= 0.3 is 19.3 Å². The van der Waals surface area contributed by atoms with Crippen LogP contribution < -0.4 is 3.82 Å². The Kier molecular flexibility index (Phi) is 2.03. The van der Waals surface area contributed by atoms with Crippen molar-refractivity contribution in [2.45, 2.75) is 0 Å². The lowest BCUT2D eigenvalue weighted by Crippen LogP contribution is -2.07. The van der Waals surface area contributed by atoms with Crippen LogP contribution in [-0.4, -0.2) is 24.2 Å². The van der Waals surface area contributed by atoms with E-state index in [2.05, 4.69) is 4.98 Å². The largest absolute Gasteiger partial charge is 0.560 e. The quantitative estimate of drug-likeness (QED) is 0.527. The van der Waals surface area contributed by atoms with Crippen molar-refractivity contribution in [3.05, 3.63) is 18.3 Å². The summed E-state index contributed by atoms with van der Waals surface area (Å²) in [4.78, 5) is 3.02. The first-order chi connectivity index (χ1) is 3.43. The SMILES string of the molecule is [Cl][Mg][c]1ccc[nH]1. The molecule has 0 aliphatic heterocycles. The minimum Gasteiger partial charge on any atom is -0.391 e. The summed E-state index contributed by atoms with van der Waals surface area (Å²) in [7, 11) is 5.58. The zero-order valence-corrected chi connectivity index (χ0v) is 5.99. The van der Waals surface area contributed by atoms with Gasteiger partial charge in [-0.2, -0.15) is 0 Å². The normalized spacial score (nSPS) is 8.14. The van der Waals surface area contributed by atoms with E-state index in [-0.39, 0.29) is 0 Å². The molecule has 0 atom stereocenters. The van der Waals surface area contributed by atoms with Crippen molar-refractivity contribution in [2.24, 2.45) is 0 Å². The first kappa shape index (κ1) is 5.47. The fourth-order valence-electron chi connectivity index (χ4n) is 0.451. The van der Waals surface area contributed by atoms with Gasteiger partial charge in [-0.05, 0) is 12.3 Å². The molecule has 0 amide bonds. The number of H-pyrrole nitrogens is 1. The molecule has 0 saturated heterocycles. The molecule has 3 heteroatoms. The number of hydrogen-bond acceptors (Lipinski definition) is 0. The standard InChI is InChI=1S/C4H4N.ClH.Mg/c1-2-4-5-3-1;;/h1-3,5H;1H;/q;;+1/p-1. The Balaban J connectivity index is 2.76. The molecule has 0 aliphatic carbocycles. The average molecular weight is 126 g/mol. The predicted octanol–water partition coefficient (Wildman–Crippen LogP) is 0.498. The minimum atomic E-state index is -0.450. The van der Waals surface area contributed by atoms with Crippen LogP contribution in [0.3, 0.4) is 0 Å². The summed E-state index contributed by atoms with van der Waals surface area (Å²) in [5, 5.41) is 0. The molecule has 0 unspecified atom stereocenters. The number of rotatable bonds is 1. The highest BCUT2D eigenvalue weighted by atomic mass is 35.5. The Morgan fingerprint density at radius 1 is 1.71 bits per heavy atom. The molecule has 0 radical (unpaired) electrons. The summed E-state index contributed by atoms with van der Waals surface area (Å²) >= 11 is -0.450. The topological polar surface area (TPSA) is 15.8 Å². The van der Waals surface area contributed by atoms with E-state index in [1.807, 2.05) is 18.3 Å². The second-order valence-electron chi connectivity index (χ2n) is 1.33. The van der Waals surface area contributed by atoms with Gasteiger partial charge in [0.1, 0.15) is 0 Å². The van der Waals surface area contributed by atoms with Crippen LogP contribution in [0.4, 0.5) is 0 Å². The third-order valence-electron chi connectivity index (χ3n) is 0.806. The molecule has 0 fully saturated rings. The van der Waals surface area contributed by atoms with Gasteiger partial charge in [0, 0.05) is 0 Å². The number of hydrogen-bond donors (Lipinski definition) is 1. The fraction of sp³-hybridized carbons (Fsp3) is 0. The molecule has 1 aromatic rings. The van der Waals surface area contributed by atoms with E-state index in [1.54, 1.807) is 0 Å². The molecular weight excluding hydrogens is 122 g/mol. The monoisotopic (exact) mass is 125 g/mol. The zero-order valence-electron chi connectivity index (χ0n) is 3.82. The van der Waals surface area contributed by atoms with Crippen LogP contribution >= 0.6 is 9.07 Å². The van der Waals surface area contributed by atoms with Gasteiger partial charge in [-0.25, -0.2) is 0 Å². The molecule has 1 aromatic heterocycles. The highest BCUT2D eigenvalue weighted by Crippen LogP contribution is 1.75. The maximum absolute atomic E-state index is 5.58. The van der Waals surface area contributed by atoms with Crippen molar-refractivity contribution in [3.8, 4) is 0 Å². The van der Waals surface area contributed by atoms with Crippen molar-refractivity contribution in [1.82, 2.24) is 4.98 Å². The van der Waals surface area contributed by atoms with Gasteiger partial charge in [0.15, 0.2) is 0 Å². The van der Waals surface area contributed by atoms with Crippen LogP contribution in [0.1, 0.15) is 0 Å². The van der Waals surface area contributed by atoms with Gasteiger partial charge < -0.3 is 14.1 Å². The summed E-state index contributed by atoms with van der Waals surface area (Å²) in [6.07, 6.45) is 1.89. The minimum absolute atomic E-state index is 0.450. The van der Waals surface area contributed by atoms with Crippen LogP contribution in [0.5, 0.6) is 0 Å². The smallest absolute Gasteiger partial charge is 0.391 e. The van der Waals surface area contributed by atoms with Gasteiger partial charge in [0.2, 0.25) is 0 Å². The van der Waals surface area contributed by atoms with Gasteiger partial charge in [-0.15, -0.1) is 0 Å². The van der Waals surface area contributed by atoms with Gasteiger partial charge in [-0.1, -0.05) is 9.89 Å². The summed E-state index contributed by atoms with van der Waals surface area (Å²) in [6.45, 7) is 0. The number of aromatic nitrogens is 1. The first-order valence-corrected chi connectivity index (χ1v) is 4.96. The van der Waals surface area contributed by atoms with Gasteiger partial charge in [0.05, 0.1) is 0 Å². The van der Waals surface area contributed by atoms with Crippen molar-refractivity contribution in [1.29, 1.82) is 0 Å². The molecule has 34 valence electrons. The van der Waals surface area contributed by atoms with E-state index in [0.717, 1.165) is 0 Å². The third kappa shape index (κ3) is 1.37. The van der Waals surface area contributed by atoms with E-state index in [9.17, 15) is 0 Å².